The van der Waals surface area contributed by atoms with Gasteiger partial charge in [-0.25, -0.2) is 15.0 Å². The van der Waals surface area contributed by atoms with Crippen LogP contribution in [0.3, 0.4) is 0 Å². The molecular formula is C22H37N4O10P. The first kappa shape index (κ1) is 30.9. The van der Waals surface area contributed by atoms with Crippen molar-refractivity contribution >= 4 is 19.6 Å². The minimum Gasteiger partial charge on any atom is -0.462 e. The van der Waals surface area contributed by atoms with Crippen molar-refractivity contribution in [3.05, 3.63) is 33.1 Å². The van der Waals surface area contributed by atoms with Gasteiger partial charge in [0, 0.05) is 18.2 Å². The van der Waals surface area contributed by atoms with Crippen molar-refractivity contribution < 1.29 is 38.0 Å². The normalized spacial score (nSPS) is 25.0. The van der Waals surface area contributed by atoms with Gasteiger partial charge in [-0.1, -0.05) is 6.92 Å². The number of aliphatic hydroxyl groups excluding tert-OH is 1. The molecule has 1 aromatic rings. The zero-order chi connectivity index (χ0) is 28.1. The Bertz CT molecular complexity index is 1070. The van der Waals surface area contributed by atoms with E-state index < -0.39 is 79.5 Å². The number of esters is 2. The number of nitrogens with one attached hydrogen (secondary N) is 3. The van der Waals surface area contributed by atoms with E-state index in [4.69, 9.17) is 18.7 Å². The third kappa shape index (κ3) is 8.59. The van der Waals surface area contributed by atoms with E-state index in [1.807, 2.05) is 0 Å². The molecule has 1 unspecified atom stereocenters. The van der Waals surface area contributed by atoms with Gasteiger partial charge >= 0.3 is 25.3 Å². The van der Waals surface area contributed by atoms with Crippen LogP contribution in [0, 0.1) is 5.92 Å². The quantitative estimate of drug-likeness (QED) is 0.208. The molecule has 2 rings (SSSR count). The van der Waals surface area contributed by atoms with Gasteiger partial charge in [-0.15, -0.1) is 0 Å². The Morgan fingerprint density at radius 3 is 2.05 bits per heavy atom. The predicted molar refractivity (Wildman–Crippen MR) is 132 cm³/mol. The van der Waals surface area contributed by atoms with Crippen LogP contribution in [0.4, 0.5) is 0 Å². The first-order valence-electron chi connectivity index (χ1n) is 12.0. The fourth-order valence-electron chi connectivity index (χ4n) is 3.49. The van der Waals surface area contributed by atoms with Gasteiger partial charge in [0.25, 0.3) is 5.56 Å². The molecule has 15 heteroatoms. The zero-order valence-corrected chi connectivity index (χ0v) is 22.9. The topological polar surface area (TPSA) is 187 Å². The van der Waals surface area contributed by atoms with Crippen LogP contribution >= 0.6 is 7.67 Å². The van der Waals surface area contributed by atoms with Crippen molar-refractivity contribution in [2.75, 3.05) is 6.61 Å². The molecule has 210 valence electrons. The summed E-state index contributed by atoms with van der Waals surface area (Å²) in [7, 11) is -4.11. The van der Waals surface area contributed by atoms with E-state index in [0.717, 1.165) is 10.6 Å². The Hall–Kier alpha value is -2.35. The summed E-state index contributed by atoms with van der Waals surface area (Å²) < 4.78 is 36.5. The summed E-state index contributed by atoms with van der Waals surface area (Å²) in [5.74, 6) is -1.95. The number of carbonyl (C=O) groups excluding carboxylic acids is 2. The van der Waals surface area contributed by atoms with Crippen LogP contribution in [0.5, 0.6) is 0 Å². The Morgan fingerprint density at radius 2 is 1.59 bits per heavy atom. The summed E-state index contributed by atoms with van der Waals surface area (Å²) >= 11 is 0. The van der Waals surface area contributed by atoms with Crippen molar-refractivity contribution in [1.82, 2.24) is 19.7 Å². The number of ether oxygens (including phenoxy) is 3. The van der Waals surface area contributed by atoms with Gasteiger partial charge in [0.15, 0.2) is 6.23 Å². The van der Waals surface area contributed by atoms with E-state index in [1.165, 1.54) is 20.0 Å². The maximum atomic E-state index is 13.7. The number of hydrogen-bond donors (Lipinski definition) is 4. The second kappa shape index (κ2) is 12.9. The predicted octanol–water partition coefficient (Wildman–Crippen LogP) is 0.415. The largest absolute Gasteiger partial charge is 0.462 e. The number of hydrogen-bond acceptors (Lipinski definition) is 10. The first-order chi connectivity index (χ1) is 17.1. The van der Waals surface area contributed by atoms with E-state index in [2.05, 4.69) is 15.2 Å². The summed E-state index contributed by atoms with van der Waals surface area (Å²) in [4.78, 5) is 50.2. The molecule has 1 aromatic heterocycles. The molecule has 0 radical (unpaired) electrons. The van der Waals surface area contributed by atoms with Crippen LogP contribution in [-0.4, -0.2) is 69.7 Å². The summed E-state index contributed by atoms with van der Waals surface area (Å²) in [6.07, 6.45) is -2.75. The third-order valence-corrected chi connectivity index (χ3v) is 7.38. The average molecular weight is 549 g/mol. The fourth-order valence-corrected chi connectivity index (χ4v) is 5.30. The molecule has 7 atom stereocenters. The van der Waals surface area contributed by atoms with Crippen molar-refractivity contribution in [2.24, 2.45) is 5.92 Å². The molecule has 0 aliphatic carbocycles. The average Bonchev–Trinajstić information content (AvgIpc) is 3.05. The van der Waals surface area contributed by atoms with E-state index in [-0.39, 0.29) is 6.61 Å². The van der Waals surface area contributed by atoms with E-state index >= 15 is 0 Å². The highest BCUT2D eigenvalue weighted by Gasteiger charge is 2.44. The number of H-pyrrole nitrogens is 1. The summed E-state index contributed by atoms with van der Waals surface area (Å²) in [6.45, 7) is 10.8. The lowest BCUT2D eigenvalue weighted by atomic mass is 10.0. The molecule has 4 N–H and O–H groups in total. The zero-order valence-electron chi connectivity index (χ0n) is 22.0. The maximum Gasteiger partial charge on any atom is 0.342 e. The van der Waals surface area contributed by atoms with Crippen LogP contribution in [0.1, 0.15) is 54.7 Å². The second-order valence-electron chi connectivity index (χ2n) is 9.45. The number of aromatic amines is 1. The van der Waals surface area contributed by atoms with Crippen molar-refractivity contribution in [3.8, 4) is 0 Å². The van der Waals surface area contributed by atoms with Gasteiger partial charge < -0.3 is 23.8 Å². The van der Waals surface area contributed by atoms with Gasteiger partial charge in [0.1, 0.15) is 18.2 Å². The van der Waals surface area contributed by atoms with Crippen molar-refractivity contribution in [1.29, 1.82) is 0 Å². The molecule has 37 heavy (non-hydrogen) atoms. The number of aliphatic hydroxyl groups is 1. The molecule has 0 bridgehead atoms. The third-order valence-electron chi connectivity index (χ3n) is 5.42. The van der Waals surface area contributed by atoms with Gasteiger partial charge in [0.05, 0.1) is 24.9 Å². The molecule has 1 aliphatic heterocycles. The lowest BCUT2D eigenvalue weighted by Crippen LogP contribution is -2.43. The Balaban J connectivity index is 2.20. The lowest BCUT2D eigenvalue weighted by molar-refractivity contribution is -0.149. The minimum absolute atomic E-state index is 0.345. The SMILES string of the molecule is CC(C)OC(=O)[C@H](C)NP(=O)(N[C@H](C)C(=O)OC(C)C)OC[C@H]1O[C@@H](n2ccc(=O)[nH]c2=O)[C@H](O)[C@@H]1C. The van der Waals surface area contributed by atoms with Crippen molar-refractivity contribution in [2.45, 2.75) is 91.2 Å². The van der Waals surface area contributed by atoms with Crippen LogP contribution in [0.15, 0.2) is 21.9 Å². The molecular weight excluding hydrogens is 511 g/mol. The molecule has 0 amide bonds. The van der Waals surface area contributed by atoms with Crippen LogP contribution in [-0.2, 0) is 32.9 Å². The lowest BCUT2D eigenvalue weighted by Gasteiger charge is -2.28. The van der Waals surface area contributed by atoms with E-state index in [0.29, 0.717) is 0 Å². The molecule has 0 saturated carbocycles. The van der Waals surface area contributed by atoms with Gasteiger partial charge in [-0.2, -0.15) is 0 Å². The summed E-state index contributed by atoms with van der Waals surface area (Å²) in [5, 5.41) is 15.8. The van der Waals surface area contributed by atoms with Crippen molar-refractivity contribution in [3.63, 3.8) is 0 Å². The first-order valence-corrected chi connectivity index (χ1v) is 13.6. The van der Waals surface area contributed by atoms with Gasteiger partial charge in [0.2, 0.25) is 0 Å². The Labute approximate surface area is 214 Å². The van der Waals surface area contributed by atoms with Gasteiger partial charge in [-0.05, 0) is 41.5 Å². The smallest absolute Gasteiger partial charge is 0.342 e. The molecule has 1 saturated heterocycles. The molecule has 14 nitrogen and oxygen atoms in total. The highest BCUT2D eigenvalue weighted by Crippen LogP contribution is 2.42. The number of rotatable bonds is 12. The Morgan fingerprint density at radius 1 is 1.08 bits per heavy atom. The van der Waals surface area contributed by atoms with Gasteiger partial charge in [-0.3, -0.25) is 28.5 Å². The number of aromatic nitrogens is 2. The molecule has 1 fully saturated rings. The second-order valence-corrected chi connectivity index (χ2v) is 11.3. The summed E-state index contributed by atoms with van der Waals surface area (Å²) in [6, 6.07) is -1.04. The molecule has 2 heterocycles. The van der Waals surface area contributed by atoms with E-state index in [1.54, 1.807) is 34.6 Å². The molecule has 1 aliphatic rings. The van der Waals surface area contributed by atoms with E-state index in [9.17, 15) is 28.8 Å². The Kier molecular flexibility index (Phi) is 10.8. The number of carbonyl (C=O) groups is 2. The monoisotopic (exact) mass is 548 g/mol. The highest BCUT2D eigenvalue weighted by molar-refractivity contribution is 7.54. The highest BCUT2D eigenvalue weighted by atomic mass is 31.2. The standard InChI is InChI=1S/C22H37N4O10P/c1-11(2)34-20(29)14(6)24-37(32,25-15(7)21(30)35-12(3)4)33-10-16-13(5)18(28)19(36-16)26-9-8-17(27)23-22(26)31/h8-9,11-16,18-19,28H,10H2,1-7H3,(H,23,27,31)(H2,24,25,32)/t13-,14-,15+,16-,18-,19-,37?/m1/s1. The van der Waals surface area contributed by atoms with Crippen LogP contribution < -0.4 is 21.4 Å². The molecule has 0 spiro atoms. The fraction of sp³-hybridized carbons (Fsp3) is 0.727. The molecule has 0 aromatic carbocycles. The van der Waals surface area contributed by atoms with Crippen LogP contribution in [0.25, 0.3) is 0 Å². The minimum atomic E-state index is -4.11. The maximum absolute atomic E-state index is 13.7. The van der Waals surface area contributed by atoms with Crippen LogP contribution in [0.2, 0.25) is 0 Å². The number of nitrogens with zero attached hydrogens (tertiary/aromatic N) is 1. The summed E-state index contributed by atoms with van der Waals surface area (Å²) in [5.41, 5.74) is -1.37.